The van der Waals surface area contributed by atoms with E-state index in [0.29, 0.717) is 5.57 Å². The molecule has 0 heterocycles. The van der Waals surface area contributed by atoms with Crippen LogP contribution in [0.1, 0.15) is 13.8 Å². The minimum Gasteiger partial charge on any atom is -0.391 e. The average Bonchev–Trinajstić information content (AvgIpc) is 1.86. The highest BCUT2D eigenvalue weighted by atomic mass is 16.5. The number of hydrogen-bond acceptors (Lipinski definition) is 3. The lowest BCUT2D eigenvalue weighted by atomic mass is 10.2. The van der Waals surface area contributed by atoms with Crippen LogP contribution in [0.15, 0.2) is 12.2 Å². The summed E-state index contributed by atoms with van der Waals surface area (Å²) in [5.74, 6) is -0.120. The molecular formula is C8H14O3. The number of ketones is 1. The van der Waals surface area contributed by atoms with Gasteiger partial charge in [0.1, 0.15) is 6.61 Å². The number of carbonyl (C=O) groups is 1. The first-order valence-corrected chi connectivity index (χ1v) is 3.48. The van der Waals surface area contributed by atoms with Crippen molar-refractivity contribution >= 4 is 5.78 Å². The van der Waals surface area contributed by atoms with Crippen LogP contribution in [0.3, 0.4) is 0 Å². The first kappa shape index (κ1) is 10.3. The van der Waals surface area contributed by atoms with Crippen molar-refractivity contribution in [3.8, 4) is 0 Å². The third-order valence-electron chi connectivity index (χ3n) is 1.07. The number of aliphatic hydroxyl groups excluding tert-OH is 1. The molecule has 0 aromatic carbocycles. The van der Waals surface area contributed by atoms with Gasteiger partial charge in [-0.05, 0) is 19.4 Å². The molecule has 64 valence electrons. The first-order valence-electron chi connectivity index (χ1n) is 3.48. The summed E-state index contributed by atoms with van der Waals surface area (Å²) in [5, 5.41) is 8.75. The summed E-state index contributed by atoms with van der Waals surface area (Å²) >= 11 is 0. The van der Waals surface area contributed by atoms with Gasteiger partial charge in [-0.3, -0.25) is 4.79 Å². The summed E-state index contributed by atoms with van der Waals surface area (Å²) in [6, 6.07) is 0. The standard InChI is InChI=1S/C8H14O3/c1-6(2)8(10)5-11-4-7(3)9/h7,9H,1,4-5H2,2-3H3. The molecule has 1 N–H and O–H groups in total. The van der Waals surface area contributed by atoms with Crippen LogP contribution in [0, 0.1) is 0 Å². The second-order valence-corrected chi connectivity index (χ2v) is 2.57. The zero-order valence-electron chi connectivity index (χ0n) is 6.96. The molecule has 0 radical (unpaired) electrons. The zero-order valence-corrected chi connectivity index (χ0v) is 6.96. The summed E-state index contributed by atoms with van der Waals surface area (Å²) in [4.78, 5) is 10.8. The Morgan fingerprint density at radius 2 is 2.27 bits per heavy atom. The maximum absolute atomic E-state index is 10.8. The highest BCUT2D eigenvalue weighted by Gasteiger charge is 2.02. The van der Waals surface area contributed by atoms with E-state index in [1.165, 1.54) is 0 Å². The van der Waals surface area contributed by atoms with E-state index in [4.69, 9.17) is 9.84 Å². The molecule has 0 fully saturated rings. The molecule has 3 heteroatoms. The highest BCUT2D eigenvalue weighted by Crippen LogP contribution is 1.91. The highest BCUT2D eigenvalue weighted by molar-refractivity contribution is 5.95. The molecule has 0 aliphatic rings. The van der Waals surface area contributed by atoms with E-state index in [1.54, 1.807) is 13.8 Å². The Balaban J connectivity index is 3.40. The van der Waals surface area contributed by atoms with Gasteiger partial charge in [0.15, 0.2) is 5.78 Å². The topological polar surface area (TPSA) is 46.5 Å². The molecule has 0 amide bonds. The van der Waals surface area contributed by atoms with E-state index < -0.39 is 6.10 Å². The predicted molar refractivity (Wildman–Crippen MR) is 42.3 cm³/mol. The molecule has 1 atom stereocenters. The summed E-state index contributed by atoms with van der Waals surface area (Å²) in [5.41, 5.74) is 0.482. The third-order valence-corrected chi connectivity index (χ3v) is 1.07. The van der Waals surface area contributed by atoms with Crippen LogP contribution in [0.4, 0.5) is 0 Å². The molecule has 0 saturated heterocycles. The second-order valence-electron chi connectivity index (χ2n) is 2.57. The van der Waals surface area contributed by atoms with E-state index in [2.05, 4.69) is 6.58 Å². The number of ether oxygens (including phenoxy) is 1. The predicted octanol–water partition coefficient (Wildman–Crippen LogP) is 0.529. The molecule has 0 aliphatic carbocycles. The van der Waals surface area contributed by atoms with Gasteiger partial charge in [0.25, 0.3) is 0 Å². The molecule has 3 nitrogen and oxygen atoms in total. The SMILES string of the molecule is C=C(C)C(=O)COCC(C)O. The largest absolute Gasteiger partial charge is 0.391 e. The fourth-order valence-electron chi connectivity index (χ4n) is 0.445. The van der Waals surface area contributed by atoms with Crippen LogP contribution < -0.4 is 0 Å². The lowest BCUT2D eigenvalue weighted by molar-refractivity contribution is -0.120. The van der Waals surface area contributed by atoms with E-state index in [1.807, 2.05) is 0 Å². The normalized spacial score (nSPS) is 12.6. The maximum Gasteiger partial charge on any atom is 0.183 e. The Morgan fingerprint density at radius 1 is 1.73 bits per heavy atom. The zero-order chi connectivity index (χ0) is 8.85. The quantitative estimate of drug-likeness (QED) is 0.594. The van der Waals surface area contributed by atoms with Crippen LogP contribution in [-0.2, 0) is 9.53 Å². The number of carbonyl (C=O) groups excluding carboxylic acids is 1. The van der Waals surface area contributed by atoms with Gasteiger partial charge >= 0.3 is 0 Å². The number of aliphatic hydroxyl groups is 1. The molecule has 0 rings (SSSR count). The average molecular weight is 158 g/mol. The van der Waals surface area contributed by atoms with Gasteiger partial charge in [-0.25, -0.2) is 0 Å². The van der Waals surface area contributed by atoms with Crippen molar-refractivity contribution < 1.29 is 14.6 Å². The minimum atomic E-state index is -0.520. The van der Waals surface area contributed by atoms with E-state index >= 15 is 0 Å². The van der Waals surface area contributed by atoms with Crippen LogP contribution in [0.25, 0.3) is 0 Å². The van der Waals surface area contributed by atoms with Crippen molar-refractivity contribution in [3.05, 3.63) is 12.2 Å². The molecule has 0 aromatic rings. The Bertz CT molecular complexity index is 149. The summed E-state index contributed by atoms with van der Waals surface area (Å²) in [6.07, 6.45) is -0.520. The van der Waals surface area contributed by atoms with Crippen LogP contribution in [-0.4, -0.2) is 30.2 Å². The molecule has 0 bridgehead atoms. The molecule has 0 spiro atoms. The number of hydrogen-bond donors (Lipinski definition) is 1. The van der Waals surface area contributed by atoms with Gasteiger partial charge in [-0.2, -0.15) is 0 Å². The first-order chi connectivity index (χ1) is 5.04. The molecule has 11 heavy (non-hydrogen) atoms. The molecule has 0 aromatic heterocycles. The van der Waals surface area contributed by atoms with Crippen LogP contribution >= 0.6 is 0 Å². The Labute approximate surface area is 66.7 Å². The molecule has 1 unspecified atom stereocenters. The fraction of sp³-hybridized carbons (Fsp3) is 0.625. The fourth-order valence-corrected chi connectivity index (χ4v) is 0.445. The van der Waals surface area contributed by atoms with E-state index in [9.17, 15) is 4.79 Å². The Hall–Kier alpha value is -0.670. The van der Waals surface area contributed by atoms with Crippen LogP contribution in [0.5, 0.6) is 0 Å². The lowest BCUT2D eigenvalue weighted by Gasteiger charge is -2.04. The molecular weight excluding hydrogens is 144 g/mol. The Kier molecular flexibility index (Phi) is 4.74. The van der Waals surface area contributed by atoms with Crippen molar-refractivity contribution in [2.45, 2.75) is 20.0 Å². The maximum atomic E-state index is 10.8. The van der Waals surface area contributed by atoms with Crippen LogP contribution in [0.2, 0.25) is 0 Å². The van der Waals surface area contributed by atoms with Crippen molar-refractivity contribution in [1.29, 1.82) is 0 Å². The smallest absolute Gasteiger partial charge is 0.183 e. The summed E-state index contributed by atoms with van der Waals surface area (Å²) in [7, 11) is 0. The van der Waals surface area contributed by atoms with Gasteiger partial charge in [0.2, 0.25) is 0 Å². The second kappa shape index (κ2) is 5.04. The lowest BCUT2D eigenvalue weighted by Crippen LogP contribution is -2.16. The van der Waals surface area contributed by atoms with Crippen molar-refractivity contribution in [3.63, 3.8) is 0 Å². The Morgan fingerprint density at radius 3 is 2.64 bits per heavy atom. The van der Waals surface area contributed by atoms with Gasteiger partial charge in [0.05, 0.1) is 12.7 Å². The third kappa shape index (κ3) is 5.76. The van der Waals surface area contributed by atoms with Crippen molar-refractivity contribution in [2.24, 2.45) is 0 Å². The van der Waals surface area contributed by atoms with E-state index in [0.717, 1.165) is 0 Å². The van der Waals surface area contributed by atoms with Gasteiger partial charge in [-0.1, -0.05) is 6.58 Å². The monoisotopic (exact) mass is 158 g/mol. The number of rotatable bonds is 5. The summed E-state index contributed by atoms with van der Waals surface area (Å²) < 4.78 is 4.86. The number of Topliss-reactive ketones (excluding diaryl/α,β-unsaturated/α-hetero) is 1. The van der Waals surface area contributed by atoms with E-state index in [-0.39, 0.29) is 19.0 Å². The molecule has 0 aliphatic heterocycles. The minimum absolute atomic E-state index is 0.0141. The van der Waals surface area contributed by atoms with Crippen molar-refractivity contribution in [2.75, 3.05) is 13.2 Å². The van der Waals surface area contributed by atoms with Crippen molar-refractivity contribution in [1.82, 2.24) is 0 Å². The van der Waals surface area contributed by atoms with Gasteiger partial charge in [0, 0.05) is 0 Å². The van der Waals surface area contributed by atoms with Gasteiger partial charge in [-0.15, -0.1) is 0 Å². The summed E-state index contributed by atoms with van der Waals surface area (Å²) in [6.45, 7) is 6.90. The molecule has 0 saturated carbocycles. The van der Waals surface area contributed by atoms with Gasteiger partial charge < -0.3 is 9.84 Å².